The highest BCUT2D eigenvalue weighted by Gasteiger charge is 2.28. The number of pyridine rings is 1. The molecule has 1 unspecified atom stereocenters. The topological polar surface area (TPSA) is 171 Å². The minimum atomic E-state index is -1.30. The summed E-state index contributed by atoms with van der Waals surface area (Å²) < 4.78 is 5.39. The van der Waals surface area contributed by atoms with Crippen molar-refractivity contribution in [2.24, 2.45) is 0 Å². The fraction of sp³-hybridized carbons (Fsp3) is 0.280. The second kappa shape index (κ2) is 9.56. The minimum Gasteiger partial charge on any atom is -0.394 e. The molecule has 0 bridgehead atoms. The largest absolute Gasteiger partial charge is 0.394 e. The molecule has 0 fully saturated rings. The Morgan fingerprint density at radius 1 is 1.11 bits per heavy atom. The van der Waals surface area contributed by atoms with Crippen molar-refractivity contribution in [3.8, 4) is 11.5 Å². The monoisotopic (exact) mass is 502 g/mol. The average Bonchev–Trinajstić information content (AvgIpc) is 3.48. The summed E-state index contributed by atoms with van der Waals surface area (Å²) in [6.07, 6.45) is 1.50. The lowest BCUT2D eigenvalue weighted by molar-refractivity contribution is 0.0661. The number of hydrogen-bond donors (Lipinski definition) is 5. The van der Waals surface area contributed by atoms with Crippen LogP contribution in [0.5, 0.6) is 0 Å². The number of rotatable bonds is 8. The van der Waals surface area contributed by atoms with Crippen molar-refractivity contribution < 1.29 is 19.5 Å². The number of fused-ring (bicyclic) bond motifs is 1. The summed E-state index contributed by atoms with van der Waals surface area (Å²) in [7, 11) is 0. The van der Waals surface area contributed by atoms with E-state index in [9.17, 15) is 15.0 Å². The van der Waals surface area contributed by atoms with E-state index in [0.29, 0.717) is 28.5 Å². The molecule has 1 aliphatic heterocycles. The second-order valence-electron chi connectivity index (χ2n) is 9.18. The van der Waals surface area contributed by atoms with Gasteiger partial charge >= 0.3 is 0 Å². The van der Waals surface area contributed by atoms with E-state index in [0.717, 1.165) is 5.56 Å². The standard InChI is InChI=1S/C25H26N8O4/c1-13-19-15(21(35)27-13)9-10-18(29-19)30-24-26-11-16(22-32-23(33-37-22)25(2,3)36)20(31-24)28-17(12-34)14-7-5-4-6-8-14/h4-11,13,17,34,36H,12H2,1-3H3,(H,27,35)(H2,26,28,29,30,31)/t13?,17-/m1/s1. The van der Waals surface area contributed by atoms with Gasteiger partial charge in [0.25, 0.3) is 11.8 Å². The fourth-order valence-corrected chi connectivity index (χ4v) is 3.90. The van der Waals surface area contributed by atoms with Crippen molar-refractivity contribution >= 4 is 23.5 Å². The molecule has 5 rings (SSSR count). The average molecular weight is 503 g/mol. The lowest BCUT2D eigenvalue weighted by Crippen LogP contribution is -2.18. The molecular weight excluding hydrogens is 476 g/mol. The third-order valence-electron chi connectivity index (χ3n) is 5.85. The third kappa shape index (κ3) is 4.97. The van der Waals surface area contributed by atoms with E-state index >= 15 is 0 Å². The molecule has 1 aromatic carbocycles. The highest BCUT2D eigenvalue weighted by Crippen LogP contribution is 2.31. The first-order valence-electron chi connectivity index (χ1n) is 11.7. The Bertz CT molecular complexity index is 1430. The van der Waals surface area contributed by atoms with Crippen LogP contribution >= 0.6 is 0 Å². The van der Waals surface area contributed by atoms with Gasteiger partial charge in [0, 0.05) is 6.20 Å². The number of nitrogens with one attached hydrogen (secondary N) is 3. The maximum atomic E-state index is 12.0. The zero-order valence-electron chi connectivity index (χ0n) is 20.4. The van der Waals surface area contributed by atoms with E-state index in [1.54, 1.807) is 26.0 Å². The predicted octanol–water partition coefficient (Wildman–Crippen LogP) is 2.84. The zero-order chi connectivity index (χ0) is 26.2. The first-order chi connectivity index (χ1) is 17.7. The normalized spacial score (nSPS) is 15.7. The Hall–Kier alpha value is -4.42. The molecule has 0 radical (unpaired) electrons. The van der Waals surface area contributed by atoms with Gasteiger partial charge in [-0.3, -0.25) is 4.79 Å². The van der Waals surface area contributed by atoms with E-state index in [1.807, 2.05) is 37.3 Å². The smallest absolute Gasteiger partial charge is 0.263 e. The Labute approximate surface area is 212 Å². The highest BCUT2D eigenvalue weighted by atomic mass is 16.5. The van der Waals surface area contributed by atoms with Crippen LogP contribution in [-0.2, 0) is 5.60 Å². The van der Waals surface area contributed by atoms with Crippen LogP contribution < -0.4 is 16.0 Å². The predicted molar refractivity (Wildman–Crippen MR) is 134 cm³/mol. The van der Waals surface area contributed by atoms with E-state index in [1.165, 1.54) is 6.20 Å². The zero-order valence-corrected chi connectivity index (χ0v) is 20.4. The lowest BCUT2D eigenvalue weighted by Gasteiger charge is -2.19. The first kappa shape index (κ1) is 24.3. The van der Waals surface area contributed by atoms with E-state index in [4.69, 9.17) is 4.52 Å². The minimum absolute atomic E-state index is 0.102. The second-order valence-corrected chi connectivity index (χ2v) is 9.18. The number of aliphatic hydroxyl groups is 2. The van der Waals surface area contributed by atoms with Crippen molar-refractivity contribution in [1.82, 2.24) is 30.4 Å². The Morgan fingerprint density at radius 2 is 1.89 bits per heavy atom. The molecule has 190 valence electrons. The summed E-state index contributed by atoms with van der Waals surface area (Å²) in [5.74, 6) is 1.05. The fourth-order valence-electron chi connectivity index (χ4n) is 3.90. The SMILES string of the molecule is CC1NC(=O)c2ccc(Nc3ncc(-c4nc(C(C)(C)O)no4)c(N[C@H](CO)c4ccccc4)n3)nc21. The first-order valence-corrected chi connectivity index (χ1v) is 11.7. The van der Waals surface area contributed by atoms with E-state index in [-0.39, 0.29) is 36.2 Å². The molecule has 12 nitrogen and oxygen atoms in total. The maximum absolute atomic E-state index is 12.0. The summed E-state index contributed by atoms with van der Waals surface area (Å²) in [6.45, 7) is 4.75. The highest BCUT2D eigenvalue weighted by molar-refractivity contribution is 5.98. The molecule has 0 saturated carbocycles. The number of anilines is 3. The van der Waals surface area contributed by atoms with Crippen LogP contribution in [0.3, 0.4) is 0 Å². The lowest BCUT2D eigenvalue weighted by atomic mass is 10.1. The van der Waals surface area contributed by atoms with Gasteiger partial charge in [0.1, 0.15) is 22.8 Å². The number of amides is 1. The number of nitrogens with zero attached hydrogens (tertiary/aromatic N) is 5. The van der Waals surface area contributed by atoms with Crippen LogP contribution in [0.2, 0.25) is 0 Å². The quantitative estimate of drug-likeness (QED) is 0.240. The third-order valence-corrected chi connectivity index (χ3v) is 5.85. The molecular formula is C25H26N8O4. The molecule has 0 aliphatic carbocycles. The summed E-state index contributed by atoms with van der Waals surface area (Å²) in [6, 6.07) is 12.1. The molecule has 0 saturated heterocycles. The van der Waals surface area contributed by atoms with Crippen LogP contribution in [0.15, 0.2) is 53.2 Å². The number of carbonyl (C=O) groups excluding carboxylic acids is 1. The van der Waals surface area contributed by atoms with Gasteiger partial charge in [-0.25, -0.2) is 9.97 Å². The molecule has 12 heteroatoms. The van der Waals surface area contributed by atoms with Gasteiger partial charge in [0.2, 0.25) is 11.8 Å². The van der Waals surface area contributed by atoms with Crippen molar-refractivity contribution in [2.45, 2.75) is 38.5 Å². The van der Waals surface area contributed by atoms with Crippen LogP contribution in [-0.4, -0.2) is 47.8 Å². The van der Waals surface area contributed by atoms with Crippen molar-refractivity contribution in [1.29, 1.82) is 0 Å². The Balaban J connectivity index is 1.51. The molecule has 37 heavy (non-hydrogen) atoms. The van der Waals surface area contributed by atoms with Gasteiger partial charge in [-0.1, -0.05) is 35.5 Å². The van der Waals surface area contributed by atoms with Crippen LogP contribution in [0.4, 0.5) is 17.6 Å². The number of benzene rings is 1. The van der Waals surface area contributed by atoms with Crippen LogP contribution in [0.1, 0.15) is 60.3 Å². The van der Waals surface area contributed by atoms with Gasteiger partial charge in [-0.05, 0) is 38.5 Å². The molecule has 1 amide bonds. The summed E-state index contributed by atoms with van der Waals surface area (Å²) >= 11 is 0. The van der Waals surface area contributed by atoms with Crippen molar-refractivity contribution in [3.63, 3.8) is 0 Å². The van der Waals surface area contributed by atoms with Crippen molar-refractivity contribution in [2.75, 3.05) is 17.2 Å². The maximum Gasteiger partial charge on any atom is 0.263 e. The molecule has 3 aromatic heterocycles. The van der Waals surface area contributed by atoms with Gasteiger partial charge in [0.15, 0.2) is 0 Å². The van der Waals surface area contributed by atoms with Gasteiger partial charge < -0.3 is 30.7 Å². The van der Waals surface area contributed by atoms with Gasteiger partial charge in [-0.2, -0.15) is 9.97 Å². The van der Waals surface area contributed by atoms with Crippen LogP contribution in [0.25, 0.3) is 11.5 Å². The summed E-state index contributed by atoms with van der Waals surface area (Å²) in [5, 5.41) is 33.4. The number of carbonyl (C=O) groups is 1. The van der Waals surface area contributed by atoms with Crippen LogP contribution in [0, 0.1) is 0 Å². The van der Waals surface area contributed by atoms with Crippen molar-refractivity contribution in [3.05, 3.63) is 71.3 Å². The molecule has 5 N–H and O–H groups in total. The molecule has 4 heterocycles. The summed E-state index contributed by atoms with van der Waals surface area (Å²) in [4.78, 5) is 29.8. The summed E-state index contributed by atoms with van der Waals surface area (Å²) in [5.41, 5.74) is 1.09. The van der Waals surface area contributed by atoms with E-state index < -0.39 is 11.6 Å². The number of aromatic nitrogens is 5. The molecule has 2 atom stereocenters. The number of aliphatic hydroxyl groups excluding tert-OH is 1. The Kier molecular flexibility index (Phi) is 6.27. The van der Waals surface area contributed by atoms with Gasteiger partial charge in [0.05, 0.1) is 29.9 Å². The Morgan fingerprint density at radius 3 is 2.59 bits per heavy atom. The molecule has 0 spiro atoms. The van der Waals surface area contributed by atoms with Gasteiger partial charge in [-0.15, -0.1) is 0 Å². The van der Waals surface area contributed by atoms with E-state index in [2.05, 4.69) is 41.0 Å². The molecule has 1 aliphatic rings. The molecule has 4 aromatic rings. The number of hydrogen-bond acceptors (Lipinski definition) is 11.